The number of nitrogens with two attached hydrogens (primary N) is 1. The predicted octanol–water partition coefficient (Wildman–Crippen LogP) is 4.32. The highest BCUT2D eigenvalue weighted by molar-refractivity contribution is 7.17. The third-order valence-electron chi connectivity index (χ3n) is 3.74. The first-order valence-electron chi connectivity index (χ1n) is 7.83. The Bertz CT molecular complexity index is 1060. The second-order valence-electron chi connectivity index (χ2n) is 5.48. The van der Waals surface area contributed by atoms with Crippen LogP contribution in [0.25, 0.3) is 10.2 Å². The summed E-state index contributed by atoms with van der Waals surface area (Å²) >= 11 is 1.36. The van der Waals surface area contributed by atoms with Crippen LogP contribution in [0, 0.1) is 0 Å². The van der Waals surface area contributed by atoms with Crippen molar-refractivity contribution in [2.75, 3.05) is 11.1 Å². The molecule has 2 aromatic heterocycles. The van der Waals surface area contributed by atoms with Crippen molar-refractivity contribution >= 4 is 39.0 Å². The molecule has 4 rings (SSSR count). The van der Waals surface area contributed by atoms with Gasteiger partial charge in [0.1, 0.15) is 28.5 Å². The molecule has 0 atom stereocenters. The van der Waals surface area contributed by atoms with Gasteiger partial charge in [0.25, 0.3) is 5.91 Å². The number of anilines is 2. The number of para-hydroxylation sites is 1. The van der Waals surface area contributed by atoms with Crippen LogP contribution in [0.1, 0.15) is 10.4 Å². The average molecular weight is 362 g/mol. The van der Waals surface area contributed by atoms with Gasteiger partial charge >= 0.3 is 0 Å². The van der Waals surface area contributed by atoms with Crippen LogP contribution in [0.3, 0.4) is 0 Å². The SMILES string of the molecule is Nc1ncnc2scc(C(=O)Nc3ccc(Oc4ccccc4)cc3)c12. The van der Waals surface area contributed by atoms with Crippen LogP contribution in [0.15, 0.2) is 66.3 Å². The first kappa shape index (κ1) is 16.0. The number of rotatable bonds is 4. The van der Waals surface area contributed by atoms with Gasteiger partial charge in [-0.05, 0) is 36.4 Å². The number of aromatic nitrogens is 2. The molecule has 2 aromatic carbocycles. The molecule has 2 heterocycles. The Labute approximate surface area is 153 Å². The van der Waals surface area contributed by atoms with Crippen LogP contribution in [0.5, 0.6) is 11.5 Å². The number of carbonyl (C=O) groups excluding carboxylic acids is 1. The second-order valence-corrected chi connectivity index (χ2v) is 6.34. The lowest BCUT2D eigenvalue weighted by molar-refractivity contribution is 0.102. The van der Waals surface area contributed by atoms with Crippen molar-refractivity contribution in [3.8, 4) is 11.5 Å². The fraction of sp³-hybridized carbons (Fsp3) is 0. The van der Waals surface area contributed by atoms with Crippen molar-refractivity contribution < 1.29 is 9.53 Å². The number of fused-ring (bicyclic) bond motifs is 1. The highest BCUT2D eigenvalue weighted by Gasteiger charge is 2.16. The van der Waals surface area contributed by atoms with Crippen molar-refractivity contribution in [2.24, 2.45) is 0 Å². The molecule has 3 N–H and O–H groups in total. The van der Waals surface area contributed by atoms with E-state index in [9.17, 15) is 4.79 Å². The number of nitrogens with zero attached hydrogens (tertiary/aromatic N) is 2. The van der Waals surface area contributed by atoms with Crippen LogP contribution in [-0.4, -0.2) is 15.9 Å². The van der Waals surface area contributed by atoms with Gasteiger partial charge in [0.05, 0.1) is 10.9 Å². The molecule has 0 bridgehead atoms. The van der Waals surface area contributed by atoms with Gasteiger partial charge in [-0.25, -0.2) is 9.97 Å². The summed E-state index contributed by atoms with van der Waals surface area (Å²) in [7, 11) is 0. The third kappa shape index (κ3) is 3.20. The molecule has 6 nitrogen and oxygen atoms in total. The van der Waals surface area contributed by atoms with Gasteiger partial charge in [0, 0.05) is 11.1 Å². The standard InChI is InChI=1S/C19H14N4O2S/c20-17-16-15(10-26-19(16)22-11-21-17)18(24)23-12-6-8-14(9-7-12)25-13-4-2-1-3-5-13/h1-11H,(H,23,24)(H2,20,21,22). The van der Waals surface area contributed by atoms with Gasteiger partial charge in [0.2, 0.25) is 0 Å². The molecule has 0 aliphatic heterocycles. The van der Waals surface area contributed by atoms with Gasteiger partial charge in [-0.3, -0.25) is 4.79 Å². The molecule has 0 unspecified atom stereocenters. The molecule has 7 heteroatoms. The maximum Gasteiger partial charge on any atom is 0.257 e. The van der Waals surface area contributed by atoms with Crippen LogP contribution in [0.2, 0.25) is 0 Å². The summed E-state index contributed by atoms with van der Waals surface area (Å²) in [5, 5.41) is 5.17. The van der Waals surface area contributed by atoms with E-state index in [1.54, 1.807) is 29.6 Å². The van der Waals surface area contributed by atoms with E-state index in [-0.39, 0.29) is 5.91 Å². The van der Waals surface area contributed by atoms with Crippen LogP contribution >= 0.6 is 11.3 Å². The normalized spacial score (nSPS) is 10.6. The summed E-state index contributed by atoms with van der Waals surface area (Å²) in [6.45, 7) is 0. The number of benzene rings is 2. The van der Waals surface area contributed by atoms with Gasteiger partial charge < -0.3 is 15.8 Å². The minimum absolute atomic E-state index is 0.255. The highest BCUT2D eigenvalue weighted by Crippen LogP contribution is 2.28. The van der Waals surface area contributed by atoms with Gasteiger partial charge in [-0.1, -0.05) is 18.2 Å². The molecule has 0 saturated carbocycles. The molecule has 26 heavy (non-hydrogen) atoms. The topological polar surface area (TPSA) is 90.1 Å². The molecule has 4 aromatic rings. The largest absolute Gasteiger partial charge is 0.457 e. The number of hydrogen-bond acceptors (Lipinski definition) is 6. The summed E-state index contributed by atoms with van der Waals surface area (Å²) in [6, 6.07) is 16.7. The number of nitrogen functional groups attached to an aromatic ring is 1. The van der Waals surface area contributed by atoms with Crippen LogP contribution < -0.4 is 15.8 Å². The lowest BCUT2D eigenvalue weighted by atomic mass is 10.2. The fourth-order valence-corrected chi connectivity index (χ4v) is 3.39. The Balaban J connectivity index is 1.51. The Morgan fingerprint density at radius 1 is 1.00 bits per heavy atom. The Hall–Kier alpha value is -3.45. The molecule has 1 amide bonds. The monoisotopic (exact) mass is 362 g/mol. The first-order valence-corrected chi connectivity index (χ1v) is 8.70. The van der Waals surface area contributed by atoms with E-state index in [1.165, 1.54) is 17.7 Å². The van der Waals surface area contributed by atoms with E-state index in [1.807, 2.05) is 30.3 Å². The van der Waals surface area contributed by atoms with Crippen molar-refractivity contribution in [3.63, 3.8) is 0 Å². The quantitative estimate of drug-likeness (QED) is 0.564. The van der Waals surface area contributed by atoms with Crippen molar-refractivity contribution in [1.29, 1.82) is 0 Å². The zero-order valence-electron chi connectivity index (χ0n) is 13.5. The number of thiophene rings is 1. The van der Waals surface area contributed by atoms with E-state index in [0.29, 0.717) is 33.0 Å². The zero-order chi connectivity index (χ0) is 17.9. The first-order chi connectivity index (χ1) is 12.7. The molecule has 128 valence electrons. The minimum Gasteiger partial charge on any atom is -0.457 e. The second kappa shape index (κ2) is 6.81. The Morgan fingerprint density at radius 2 is 1.73 bits per heavy atom. The van der Waals surface area contributed by atoms with E-state index in [0.717, 1.165) is 5.75 Å². The fourth-order valence-electron chi connectivity index (χ4n) is 2.49. The molecule has 0 fully saturated rings. The molecule has 0 saturated heterocycles. The molecule has 0 aliphatic carbocycles. The number of ether oxygens (including phenoxy) is 1. The van der Waals surface area contributed by atoms with E-state index in [2.05, 4.69) is 15.3 Å². The van der Waals surface area contributed by atoms with Gasteiger partial charge in [-0.2, -0.15) is 0 Å². The Kier molecular flexibility index (Phi) is 4.20. The summed E-state index contributed by atoms with van der Waals surface area (Å²) in [4.78, 5) is 21.4. The number of carbonyl (C=O) groups is 1. The maximum atomic E-state index is 12.6. The molecule has 0 spiro atoms. The smallest absolute Gasteiger partial charge is 0.257 e. The summed E-state index contributed by atoms with van der Waals surface area (Å²) in [6.07, 6.45) is 1.39. The third-order valence-corrected chi connectivity index (χ3v) is 4.62. The van der Waals surface area contributed by atoms with Crippen molar-refractivity contribution in [2.45, 2.75) is 0 Å². The molecular formula is C19H14N4O2S. The minimum atomic E-state index is -0.255. The molecule has 0 radical (unpaired) electrons. The summed E-state index contributed by atoms with van der Waals surface area (Å²) < 4.78 is 5.74. The lowest BCUT2D eigenvalue weighted by Gasteiger charge is -2.08. The van der Waals surface area contributed by atoms with Crippen LogP contribution in [-0.2, 0) is 0 Å². The molecular weight excluding hydrogens is 348 g/mol. The number of hydrogen-bond donors (Lipinski definition) is 2. The Morgan fingerprint density at radius 3 is 2.50 bits per heavy atom. The van der Waals surface area contributed by atoms with E-state index < -0.39 is 0 Å². The van der Waals surface area contributed by atoms with Gasteiger partial charge in [0.15, 0.2) is 0 Å². The van der Waals surface area contributed by atoms with E-state index in [4.69, 9.17) is 10.5 Å². The number of nitrogens with one attached hydrogen (secondary N) is 1. The highest BCUT2D eigenvalue weighted by atomic mass is 32.1. The zero-order valence-corrected chi connectivity index (χ0v) is 14.4. The average Bonchev–Trinajstić information content (AvgIpc) is 3.10. The predicted molar refractivity (Wildman–Crippen MR) is 103 cm³/mol. The number of amides is 1. The van der Waals surface area contributed by atoms with Crippen molar-refractivity contribution in [3.05, 3.63) is 71.9 Å². The lowest BCUT2D eigenvalue weighted by Crippen LogP contribution is -2.11. The maximum absolute atomic E-state index is 12.6. The van der Waals surface area contributed by atoms with Crippen LogP contribution in [0.4, 0.5) is 11.5 Å². The summed E-state index contributed by atoms with van der Waals surface area (Å²) in [5.41, 5.74) is 7.01. The molecule has 0 aliphatic rings. The van der Waals surface area contributed by atoms with Gasteiger partial charge in [-0.15, -0.1) is 11.3 Å². The van der Waals surface area contributed by atoms with Crippen molar-refractivity contribution in [1.82, 2.24) is 9.97 Å². The summed E-state index contributed by atoms with van der Waals surface area (Å²) in [5.74, 6) is 1.49. The van der Waals surface area contributed by atoms with E-state index >= 15 is 0 Å².